The summed E-state index contributed by atoms with van der Waals surface area (Å²) in [6, 6.07) is 9.96. The number of thiazole rings is 1. The van der Waals surface area contributed by atoms with Crippen molar-refractivity contribution in [3.8, 4) is 17.2 Å². The molecule has 10 nitrogen and oxygen atoms in total. The number of amides is 1. The van der Waals surface area contributed by atoms with E-state index in [1.165, 1.54) is 47.9 Å². The van der Waals surface area contributed by atoms with Gasteiger partial charge < -0.3 is 15.8 Å². The standard InChI is InChI=1S/C28H22F2N6O4S/c1-15-23(9-10-32-25(15)31)40-24-8-5-18(11-22(24)30)34-26(37)21-13-35(12-19-14-41-16(2)33-19)28(39)36(27(21)38)20-6-3-17(29)4-7-20/h3-11,13-14H,12H2,1-2H3,(H2,31,32)(H,34,37). The van der Waals surface area contributed by atoms with Crippen LogP contribution in [0.15, 0.2) is 75.9 Å². The number of nitrogens with zero attached hydrogens (tertiary/aromatic N) is 4. The van der Waals surface area contributed by atoms with E-state index in [4.69, 9.17) is 10.5 Å². The number of hydrogen-bond acceptors (Lipinski definition) is 8. The van der Waals surface area contributed by atoms with Gasteiger partial charge in [-0.15, -0.1) is 11.3 Å². The van der Waals surface area contributed by atoms with Crippen LogP contribution < -0.4 is 27.0 Å². The number of rotatable bonds is 7. The maximum Gasteiger partial charge on any atom is 0.336 e. The topological polar surface area (TPSA) is 134 Å². The minimum absolute atomic E-state index is 0.0233. The minimum Gasteiger partial charge on any atom is -0.454 e. The number of nitrogens with two attached hydrogens (primary N) is 1. The molecular weight excluding hydrogens is 554 g/mol. The third-order valence-corrected chi connectivity index (χ3v) is 6.91. The molecule has 0 aliphatic heterocycles. The van der Waals surface area contributed by atoms with Gasteiger partial charge in [-0.25, -0.2) is 28.1 Å². The molecule has 0 saturated heterocycles. The summed E-state index contributed by atoms with van der Waals surface area (Å²) in [5.74, 6) is -1.81. The highest BCUT2D eigenvalue weighted by atomic mass is 32.1. The molecule has 3 heterocycles. The Kier molecular flexibility index (Phi) is 7.44. The summed E-state index contributed by atoms with van der Waals surface area (Å²) in [7, 11) is 0. The second-order valence-corrected chi connectivity index (χ2v) is 10.0. The first kappa shape index (κ1) is 27.4. The van der Waals surface area contributed by atoms with E-state index < -0.39 is 34.4 Å². The van der Waals surface area contributed by atoms with Crippen LogP contribution >= 0.6 is 11.3 Å². The summed E-state index contributed by atoms with van der Waals surface area (Å²) in [6.07, 6.45) is 2.55. The SMILES string of the molecule is Cc1nc(Cn2cc(C(=O)Nc3ccc(Oc4ccnc(N)c4C)c(F)c3)c(=O)n(-c3ccc(F)cc3)c2=O)cs1. The first-order valence-corrected chi connectivity index (χ1v) is 13.0. The molecule has 13 heteroatoms. The Morgan fingerprint density at radius 2 is 1.83 bits per heavy atom. The molecule has 0 aliphatic carbocycles. The van der Waals surface area contributed by atoms with Crippen molar-refractivity contribution >= 4 is 28.7 Å². The molecule has 0 fully saturated rings. The fraction of sp³-hybridized carbons (Fsp3) is 0.107. The van der Waals surface area contributed by atoms with Crippen molar-refractivity contribution < 1.29 is 18.3 Å². The number of aryl methyl sites for hydroxylation is 1. The van der Waals surface area contributed by atoms with Crippen LogP contribution in [0.3, 0.4) is 0 Å². The van der Waals surface area contributed by atoms with Crippen molar-refractivity contribution in [3.05, 3.63) is 121 Å². The van der Waals surface area contributed by atoms with Gasteiger partial charge in [0, 0.05) is 35.1 Å². The number of pyridine rings is 1. The summed E-state index contributed by atoms with van der Waals surface area (Å²) < 4.78 is 36.0. The van der Waals surface area contributed by atoms with Crippen molar-refractivity contribution in [1.82, 2.24) is 19.1 Å². The maximum atomic E-state index is 14.9. The van der Waals surface area contributed by atoms with Gasteiger partial charge in [-0.2, -0.15) is 0 Å². The quantitative estimate of drug-likeness (QED) is 0.293. The Morgan fingerprint density at radius 3 is 2.51 bits per heavy atom. The van der Waals surface area contributed by atoms with Gasteiger partial charge in [0.25, 0.3) is 11.5 Å². The molecule has 208 valence electrons. The predicted octanol–water partition coefficient (Wildman–Crippen LogP) is 4.42. The van der Waals surface area contributed by atoms with Gasteiger partial charge in [0.05, 0.1) is 22.9 Å². The first-order valence-electron chi connectivity index (χ1n) is 12.1. The fourth-order valence-electron chi connectivity index (χ4n) is 3.97. The van der Waals surface area contributed by atoms with Crippen LogP contribution in [0.2, 0.25) is 0 Å². The lowest BCUT2D eigenvalue weighted by molar-refractivity contribution is 0.102. The molecule has 0 saturated carbocycles. The normalized spacial score (nSPS) is 10.9. The van der Waals surface area contributed by atoms with Gasteiger partial charge >= 0.3 is 5.69 Å². The molecule has 1 amide bonds. The van der Waals surface area contributed by atoms with Crippen molar-refractivity contribution in [2.75, 3.05) is 11.1 Å². The Labute approximate surface area is 235 Å². The van der Waals surface area contributed by atoms with Crippen LogP contribution in [0.1, 0.15) is 26.6 Å². The number of nitrogens with one attached hydrogen (secondary N) is 1. The van der Waals surface area contributed by atoms with E-state index in [1.807, 2.05) is 0 Å². The van der Waals surface area contributed by atoms with E-state index in [0.29, 0.717) is 17.0 Å². The minimum atomic E-state index is -0.934. The van der Waals surface area contributed by atoms with E-state index in [2.05, 4.69) is 15.3 Å². The highest BCUT2D eigenvalue weighted by Crippen LogP contribution is 2.30. The van der Waals surface area contributed by atoms with Gasteiger partial charge in [0.2, 0.25) is 0 Å². The van der Waals surface area contributed by atoms with Gasteiger partial charge in [-0.1, -0.05) is 0 Å². The molecule has 2 aromatic carbocycles. The average Bonchev–Trinajstić information content (AvgIpc) is 3.35. The molecule has 3 aromatic heterocycles. The van der Waals surface area contributed by atoms with Gasteiger partial charge in [-0.05, 0) is 56.3 Å². The number of ether oxygens (including phenoxy) is 1. The Morgan fingerprint density at radius 1 is 1.07 bits per heavy atom. The Balaban J connectivity index is 1.49. The van der Waals surface area contributed by atoms with Gasteiger partial charge in [0.15, 0.2) is 11.6 Å². The molecule has 0 spiro atoms. The van der Waals surface area contributed by atoms with Crippen LogP contribution in [0.4, 0.5) is 20.3 Å². The second-order valence-electron chi connectivity index (χ2n) is 8.95. The number of aromatic nitrogens is 4. The zero-order valence-electron chi connectivity index (χ0n) is 21.7. The number of hydrogen-bond donors (Lipinski definition) is 2. The van der Waals surface area contributed by atoms with E-state index in [0.717, 1.165) is 38.5 Å². The molecule has 3 N–H and O–H groups in total. The number of nitrogen functional groups attached to an aromatic ring is 1. The van der Waals surface area contributed by atoms with Gasteiger partial charge in [0.1, 0.15) is 22.9 Å². The Hall–Kier alpha value is -5.17. The zero-order chi connectivity index (χ0) is 29.3. The molecule has 0 atom stereocenters. The third-order valence-electron chi connectivity index (χ3n) is 6.09. The fourth-order valence-corrected chi connectivity index (χ4v) is 4.57. The van der Waals surface area contributed by atoms with Crippen LogP contribution in [-0.2, 0) is 6.54 Å². The number of benzene rings is 2. The average molecular weight is 577 g/mol. The van der Waals surface area contributed by atoms with E-state index in [1.54, 1.807) is 19.2 Å². The molecule has 0 unspecified atom stereocenters. The number of carbonyl (C=O) groups is 1. The Bertz CT molecular complexity index is 1900. The largest absolute Gasteiger partial charge is 0.454 e. The third kappa shape index (κ3) is 5.75. The first-order chi connectivity index (χ1) is 19.6. The van der Waals surface area contributed by atoms with Crippen molar-refractivity contribution in [1.29, 1.82) is 0 Å². The van der Waals surface area contributed by atoms with Crippen molar-refractivity contribution in [3.63, 3.8) is 0 Å². The molecule has 0 aliphatic rings. The molecule has 0 radical (unpaired) electrons. The van der Waals surface area contributed by atoms with Gasteiger partial charge in [-0.3, -0.25) is 14.2 Å². The van der Waals surface area contributed by atoms with E-state index in [9.17, 15) is 23.2 Å². The number of anilines is 2. The number of halogens is 2. The molecule has 5 rings (SSSR count). The van der Waals surface area contributed by atoms with Crippen LogP contribution in [-0.4, -0.2) is 25.0 Å². The smallest absolute Gasteiger partial charge is 0.336 e. The van der Waals surface area contributed by atoms with Crippen LogP contribution in [0.5, 0.6) is 11.5 Å². The summed E-state index contributed by atoms with van der Waals surface area (Å²) in [5.41, 5.74) is 4.88. The van der Waals surface area contributed by atoms with Crippen LogP contribution in [0, 0.1) is 25.5 Å². The molecule has 0 bridgehead atoms. The van der Waals surface area contributed by atoms with Crippen molar-refractivity contribution in [2.45, 2.75) is 20.4 Å². The summed E-state index contributed by atoms with van der Waals surface area (Å²) >= 11 is 1.38. The predicted molar refractivity (Wildman–Crippen MR) is 150 cm³/mol. The monoisotopic (exact) mass is 576 g/mol. The lowest BCUT2D eigenvalue weighted by atomic mass is 10.2. The summed E-state index contributed by atoms with van der Waals surface area (Å²) in [5, 5.41) is 5.01. The van der Waals surface area contributed by atoms with Crippen molar-refractivity contribution in [2.24, 2.45) is 0 Å². The van der Waals surface area contributed by atoms with E-state index >= 15 is 0 Å². The molecule has 5 aromatic rings. The lowest BCUT2D eigenvalue weighted by Gasteiger charge is -2.14. The summed E-state index contributed by atoms with van der Waals surface area (Å²) in [4.78, 5) is 48.2. The van der Waals surface area contributed by atoms with Crippen LogP contribution in [0.25, 0.3) is 5.69 Å². The molecular formula is C28H22F2N6O4S. The maximum absolute atomic E-state index is 14.9. The highest BCUT2D eigenvalue weighted by molar-refractivity contribution is 7.09. The van der Waals surface area contributed by atoms with E-state index in [-0.39, 0.29) is 29.5 Å². The molecule has 41 heavy (non-hydrogen) atoms. The lowest BCUT2D eigenvalue weighted by Crippen LogP contribution is -2.42. The second kappa shape index (κ2) is 11.1. The summed E-state index contributed by atoms with van der Waals surface area (Å²) in [6.45, 7) is 3.46. The highest BCUT2D eigenvalue weighted by Gasteiger charge is 2.20. The number of carbonyl (C=O) groups excluding carboxylic acids is 1. The zero-order valence-corrected chi connectivity index (χ0v) is 22.5.